The number of likely N-dealkylation sites (tertiary alicyclic amines) is 1. The van der Waals surface area contributed by atoms with E-state index in [2.05, 4.69) is 4.90 Å². The number of ketones is 1. The van der Waals surface area contributed by atoms with Gasteiger partial charge in [0.25, 0.3) is 11.7 Å². The smallest absolute Gasteiger partial charge is 0.295 e. The molecule has 9 heteroatoms. The van der Waals surface area contributed by atoms with Gasteiger partial charge < -0.3 is 19.5 Å². The van der Waals surface area contributed by atoms with Crippen molar-refractivity contribution >= 4 is 17.4 Å². The van der Waals surface area contributed by atoms with Gasteiger partial charge in [0.15, 0.2) is 11.6 Å². The van der Waals surface area contributed by atoms with Crippen LogP contribution in [0.1, 0.15) is 23.6 Å². The largest absolute Gasteiger partial charge is 0.507 e. The Morgan fingerprint density at radius 1 is 1.09 bits per heavy atom. The maximum Gasteiger partial charge on any atom is 0.295 e. The summed E-state index contributed by atoms with van der Waals surface area (Å²) in [5.74, 6) is -3.32. The van der Waals surface area contributed by atoms with Crippen LogP contribution in [0.2, 0.25) is 0 Å². The van der Waals surface area contributed by atoms with Crippen LogP contribution in [0.25, 0.3) is 5.76 Å². The third-order valence-electron chi connectivity index (χ3n) is 6.13. The summed E-state index contributed by atoms with van der Waals surface area (Å²) in [7, 11) is 1.31. The summed E-state index contributed by atoms with van der Waals surface area (Å²) < 4.78 is 38.1. The van der Waals surface area contributed by atoms with E-state index in [9.17, 15) is 23.5 Å². The van der Waals surface area contributed by atoms with Crippen LogP contribution < -0.4 is 4.74 Å². The van der Waals surface area contributed by atoms with Crippen LogP contribution in [-0.2, 0) is 14.3 Å². The Morgan fingerprint density at radius 2 is 1.79 bits per heavy atom. The van der Waals surface area contributed by atoms with Gasteiger partial charge in [-0.1, -0.05) is 12.1 Å². The lowest BCUT2D eigenvalue weighted by molar-refractivity contribution is -0.140. The van der Waals surface area contributed by atoms with Gasteiger partial charge in [0, 0.05) is 31.7 Å². The zero-order chi connectivity index (χ0) is 24.2. The number of amides is 1. The average molecular weight is 472 g/mol. The Labute approximate surface area is 196 Å². The highest BCUT2D eigenvalue weighted by molar-refractivity contribution is 6.46. The highest BCUT2D eigenvalue weighted by atomic mass is 19.1. The Bertz CT molecular complexity index is 1100. The van der Waals surface area contributed by atoms with E-state index in [1.165, 1.54) is 48.4 Å². The molecule has 34 heavy (non-hydrogen) atoms. The SMILES string of the molecule is COc1ccc(/C(O)=C2\C(=O)C(=O)N(CCCN3CCOCC3)C2c2ccc(F)cc2)cc1F. The molecule has 1 N–H and O–H groups in total. The maximum atomic E-state index is 14.3. The first kappa shape index (κ1) is 23.8. The van der Waals surface area contributed by atoms with Gasteiger partial charge in [-0.05, 0) is 42.3 Å². The van der Waals surface area contributed by atoms with E-state index in [1.807, 2.05) is 0 Å². The molecule has 2 heterocycles. The highest BCUT2D eigenvalue weighted by Crippen LogP contribution is 2.40. The fourth-order valence-electron chi connectivity index (χ4n) is 4.36. The number of carbonyl (C=O) groups is 2. The number of benzene rings is 2. The van der Waals surface area contributed by atoms with Crippen LogP contribution in [0, 0.1) is 11.6 Å². The molecule has 2 fully saturated rings. The van der Waals surface area contributed by atoms with Crippen molar-refractivity contribution in [2.24, 2.45) is 0 Å². The van der Waals surface area contributed by atoms with Gasteiger partial charge in [-0.15, -0.1) is 0 Å². The van der Waals surface area contributed by atoms with E-state index >= 15 is 0 Å². The minimum Gasteiger partial charge on any atom is -0.507 e. The van der Waals surface area contributed by atoms with E-state index in [0.717, 1.165) is 19.2 Å². The predicted molar refractivity (Wildman–Crippen MR) is 120 cm³/mol. The fourth-order valence-corrected chi connectivity index (χ4v) is 4.36. The van der Waals surface area contributed by atoms with E-state index in [-0.39, 0.29) is 23.4 Å². The lowest BCUT2D eigenvalue weighted by Gasteiger charge is -2.29. The second kappa shape index (κ2) is 10.3. The van der Waals surface area contributed by atoms with E-state index in [0.29, 0.717) is 31.7 Å². The molecule has 2 aliphatic heterocycles. The van der Waals surface area contributed by atoms with Gasteiger partial charge in [-0.25, -0.2) is 8.78 Å². The summed E-state index contributed by atoms with van der Waals surface area (Å²) in [5, 5.41) is 11.0. The first-order chi connectivity index (χ1) is 16.4. The molecule has 0 saturated carbocycles. The van der Waals surface area contributed by atoms with Crippen molar-refractivity contribution in [2.45, 2.75) is 12.5 Å². The van der Waals surface area contributed by atoms with Crippen molar-refractivity contribution in [2.75, 3.05) is 46.5 Å². The molecule has 2 saturated heterocycles. The van der Waals surface area contributed by atoms with Crippen molar-refractivity contribution in [1.82, 2.24) is 9.80 Å². The molecule has 2 aliphatic rings. The van der Waals surface area contributed by atoms with Crippen molar-refractivity contribution in [3.63, 3.8) is 0 Å². The Balaban J connectivity index is 1.68. The standard InChI is InChI=1S/C25H26F2N2O5/c1-33-20-8-5-17(15-19(20)27)23(30)21-22(16-3-6-18(26)7-4-16)29(25(32)24(21)31)10-2-9-28-11-13-34-14-12-28/h3-8,15,22,30H,2,9-14H2,1H3/b23-21+. The summed E-state index contributed by atoms with van der Waals surface area (Å²) in [5.41, 5.74) is 0.354. The zero-order valence-electron chi connectivity index (χ0n) is 18.8. The number of halogens is 2. The third kappa shape index (κ3) is 4.80. The normalized spacial score (nSPS) is 20.7. The molecule has 2 aromatic rings. The fraction of sp³-hybridized carbons (Fsp3) is 0.360. The predicted octanol–water partition coefficient (Wildman–Crippen LogP) is 3.12. The number of methoxy groups -OCH3 is 1. The molecule has 1 amide bonds. The summed E-state index contributed by atoms with van der Waals surface area (Å²) in [6, 6.07) is 8.27. The summed E-state index contributed by atoms with van der Waals surface area (Å²) in [6.07, 6.45) is 0.599. The summed E-state index contributed by atoms with van der Waals surface area (Å²) in [4.78, 5) is 29.6. The molecule has 0 radical (unpaired) electrons. The van der Waals surface area contributed by atoms with Gasteiger partial charge >= 0.3 is 0 Å². The Kier molecular flexibility index (Phi) is 7.23. The lowest BCUT2D eigenvalue weighted by Crippen LogP contribution is -2.38. The molecule has 4 rings (SSSR count). The molecule has 0 bridgehead atoms. The Hall–Kier alpha value is -3.30. The number of ether oxygens (including phenoxy) is 2. The first-order valence-electron chi connectivity index (χ1n) is 11.1. The number of rotatable bonds is 7. The van der Waals surface area contributed by atoms with Crippen LogP contribution in [0.5, 0.6) is 5.75 Å². The van der Waals surface area contributed by atoms with Gasteiger partial charge in [-0.3, -0.25) is 14.5 Å². The van der Waals surface area contributed by atoms with Crippen LogP contribution >= 0.6 is 0 Å². The van der Waals surface area contributed by atoms with Gasteiger partial charge in [-0.2, -0.15) is 0 Å². The van der Waals surface area contributed by atoms with Crippen molar-refractivity contribution in [1.29, 1.82) is 0 Å². The third-order valence-corrected chi connectivity index (χ3v) is 6.13. The van der Waals surface area contributed by atoms with Gasteiger partial charge in [0.1, 0.15) is 11.6 Å². The number of aliphatic hydroxyl groups excluding tert-OH is 1. The number of hydrogen-bond donors (Lipinski definition) is 1. The number of carbonyl (C=O) groups excluding carboxylic acids is 2. The molecule has 1 atom stereocenters. The summed E-state index contributed by atoms with van der Waals surface area (Å²) in [6.45, 7) is 3.87. The summed E-state index contributed by atoms with van der Waals surface area (Å²) >= 11 is 0. The molecule has 7 nitrogen and oxygen atoms in total. The second-order valence-corrected chi connectivity index (χ2v) is 8.20. The topological polar surface area (TPSA) is 79.3 Å². The molecule has 0 aliphatic carbocycles. The lowest BCUT2D eigenvalue weighted by atomic mass is 9.95. The minimum atomic E-state index is -0.921. The van der Waals surface area contributed by atoms with Crippen molar-refractivity contribution < 1.29 is 33.0 Å². The number of aliphatic hydroxyl groups is 1. The van der Waals surface area contributed by atoms with Gasteiger partial charge in [0.05, 0.1) is 31.9 Å². The maximum absolute atomic E-state index is 14.3. The zero-order valence-corrected chi connectivity index (χ0v) is 18.8. The number of hydrogen-bond acceptors (Lipinski definition) is 6. The van der Waals surface area contributed by atoms with E-state index in [4.69, 9.17) is 9.47 Å². The highest BCUT2D eigenvalue weighted by Gasteiger charge is 2.45. The minimum absolute atomic E-state index is 0.0183. The van der Waals surface area contributed by atoms with E-state index < -0.39 is 35.1 Å². The van der Waals surface area contributed by atoms with Crippen LogP contribution in [0.15, 0.2) is 48.0 Å². The number of morpholine rings is 1. The quantitative estimate of drug-likeness (QED) is 0.379. The van der Waals surface area contributed by atoms with Gasteiger partial charge in [0.2, 0.25) is 0 Å². The average Bonchev–Trinajstić information content (AvgIpc) is 3.09. The Morgan fingerprint density at radius 3 is 2.44 bits per heavy atom. The molecule has 0 aromatic heterocycles. The van der Waals surface area contributed by atoms with E-state index in [1.54, 1.807) is 0 Å². The molecule has 2 aromatic carbocycles. The van der Waals surface area contributed by atoms with Crippen molar-refractivity contribution in [3.8, 4) is 5.75 Å². The second-order valence-electron chi connectivity index (χ2n) is 8.20. The molecular weight excluding hydrogens is 446 g/mol. The van der Waals surface area contributed by atoms with Crippen LogP contribution in [-0.4, -0.2) is 73.1 Å². The molecule has 1 unspecified atom stereocenters. The molecule has 180 valence electrons. The molecular formula is C25H26F2N2O5. The van der Waals surface area contributed by atoms with Crippen molar-refractivity contribution in [3.05, 3.63) is 70.8 Å². The first-order valence-corrected chi connectivity index (χ1v) is 11.1. The number of Topliss-reactive ketones (excluding diaryl/α,β-unsaturated/α-hetero) is 1. The number of nitrogens with zero attached hydrogens (tertiary/aromatic N) is 2. The monoisotopic (exact) mass is 472 g/mol. The van der Waals surface area contributed by atoms with Crippen LogP contribution in [0.3, 0.4) is 0 Å². The molecule has 0 spiro atoms. The van der Waals surface area contributed by atoms with Crippen LogP contribution in [0.4, 0.5) is 8.78 Å².